The van der Waals surface area contributed by atoms with Crippen molar-refractivity contribution < 1.29 is 18.4 Å². The van der Waals surface area contributed by atoms with E-state index in [1.807, 2.05) is 31.2 Å². The van der Waals surface area contributed by atoms with Crippen molar-refractivity contribution in [3.05, 3.63) is 48.0 Å². The third kappa shape index (κ3) is 3.38. The molecule has 0 saturated heterocycles. The van der Waals surface area contributed by atoms with Crippen LogP contribution in [0.25, 0.3) is 0 Å². The van der Waals surface area contributed by atoms with Crippen molar-refractivity contribution in [3.63, 3.8) is 0 Å². The Hall–Kier alpha value is -2.77. The second-order valence-corrected chi connectivity index (χ2v) is 5.89. The van der Waals surface area contributed by atoms with Gasteiger partial charge in [-0.2, -0.15) is 8.78 Å². The minimum Gasteiger partial charge on any atom is -0.347 e. The Kier molecular flexibility index (Phi) is 4.78. The zero-order chi connectivity index (χ0) is 18.0. The molecule has 3 rings (SSSR count). The topological polar surface area (TPSA) is 67.2 Å². The van der Waals surface area contributed by atoms with Crippen molar-refractivity contribution in [1.29, 1.82) is 0 Å². The first-order valence-corrected chi connectivity index (χ1v) is 7.98. The number of hydrogen-bond donors (Lipinski definition) is 1. The Labute approximate surface area is 143 Å². The number of amides is 2. The molecule has 1 aliphatic heterocycles. The van der Waals surface area contributed by atoms with E-state index in [2.05, 4.69) is 10.3 Å². The van der Waals surface area contributed by atoms with Gasteiger partial charge in [0.2, 0.25) is 0 Å². The van der Waals surface area contributed by atoms with Gasteiger partial charge in [-0.1, -0.05) is 18.2 Å². The van der Waals surface area contributed by atoms with Gasteiger partial charge in [-0.25, -0.2) is 4.98 Å². The van der Waals surface area contributed by atoms with Crippen LogP contribution in [0.4, 0.5) is 14.5 Å². The van der Waals surface area contributed by atoms with Crippen LogP contribution in [0.15, 0.2) is 36.7 Å². The van der Waals surface area contributed by atoms with Gasteiger partial charge in [0.05, 0.1) is 0 Å². The average molecular weight is 348 g/mol. The van der Waals surface area contributed by atoms with E-state index in [1.54, 1.807) is 0 Å². The predicted molar refractivity (Wildman–Crippen MR) is 87.3 cm³/mol. The molecular formula is C17H18F2N4O2. The molecule has 0 aliphatic carbocycles. The SMILES string of the molecule is CC1Cc2ccccc2N1C(=O)C(=O)NCCc1nccn1C(F)F. The van der Waals surface area contributed by atoms with Gasteiger partial charge >= 0.3 is 18.4 Å². The van der Waals surface area contributed by atoms with E-state index in [-0.39, 0.29) is 24.8 Å². The number of carbonyl (C=O) groups is 2. The highest BCUT2D eigenvalue weighted by molar-refractivity contribution is 6.40. The molecule has 1 N–H and O–H groups in total. The highest BCUT2D eigenvalue weighted by Crippen LogP contribution is 2.31. The van der Waals surface area contributed by atoms with Gasteiger partial charge in [0.15, 0.2) is 0 Å². The molecule has 0 radical (unpaired) electrons. The number of benzene rings is 1. The van der Waals surface area contributed by atoms with Gasteiger partial charge in [0.1, 0.15) is 5.82 Å². The Morgan fingerprint density at radius 2 is 2.12 bits per heavy atom. The van der Waals surface area contributed by atoms with Crippen LogP contribution >= 0.6 is 0 Å². The Morgan fingerprint density at radius 3 is 2.88 bits per heavy atom. The summed E-state index contributed by atoms with van der Waals surface area (Å²) in [5, 5.41) is 2.49. The number of anilines is 1. The fraction of sp³-hybridized carbons (Fsp3) is 0.353. The fourth-order valence-electron chi connectivity index (χ4n) is 3.06. The summed E-state index contributed by atoms with van der Waals surface area (Å²) in [7, 11) is 0. The lowest BCUT2D eigenvalue weighted by atomic mass is 10.1. The van der Waals surface area contributed by atoms with Crippen molar-refractivity contribution in [3.8, 4) is 0 Å². The maximum absolute atomic E-state index is 12.7. The number of nitrogens with one attached hydrogen (secondary N) is 1. The first-order valence-electron chi connectivity index (χ1n) is 7.98. The summed E-state index contributed by atoms with van der Waals surface area (Å²) in [6, 6.07) is 7.35. The summed E-state index contributed by atoms with van der Waals surface area (Å²) in [6.45, 7) is -0.750. The molecule has 25 heavy (non-hydrogen) atoms. The summed E-state index contributed by atoms with van der Waals surface area (Å²) >= 11 is 0. The number of aromatic nitrogens is 2. The summed E-state index contributed by atoms with van der Waals surface area (Å²) < 4.78 is 26.2. The number of carbonyl (C=O) groups excluding carboxylic acids is 2. The van der Waals surface area contributed by atoms with E-state index < -0.39 is 18.4 Å². The normalized spacial score (nSPS) is 16.2. The second-order valence-electron chi connectivity index (χ2n) is 5.89. The standard InChI is InChI=1S/C17H18F2N4O2/c1-11-10-12-4-2-3-5-13(12)23(11)16(25)15(24)21-7-6-14-20-8-9-22(14)17(18)19/h2-5,8-9,11,17H,6-7,10H2,1H3,(H,21,24). The van der Waals surface area contributed by atoms with E-state index in [0.717, 1.165) is 15.8 Å². The molecule has 6 nitrogen and oxygen atoms in total. The number of para-hydroxylation sites is 1. The molecule has 1 aromatic heterocycles. The third-order valence-corrected chi connectivity index (χ3v) is 4.21. The molecule has 2 amide bonds. The molecule has 2 heterocycles. The molecule has 1 unspecified atom stereocenters. The van der Waals surface area contributed by atoms with Crippen LogP contribution < -0.4 is 10.2 Å². The lowest BCUT2D eigenvalue weighted by Crippen LogP contribution is -2.46. The van der Waals surface area contributed by atoms with Crippen molar-refractivity contribution in [1.82, 2.24) is 14.9 Å². The molecule has 0 spiro atoms. The van der Waals surface area contributed by atoms with Crippen LogP contribution in [0.5, 0.6) is 0 Å². The van der Waals surface area contributed by atoms with E-state index in [9.17, 15) is 18.4 Å². The molecule has 8 heteroatoms. The molecule has 1 aromatic carbocycles. The maximum atomic E-state index is 12.7. The van der Waals surface area contributed by atoms with Crippen molar-refractivity contribution in [2.45, 2.75) is 32.4 Å². The van der Waals surface area contributed by atoms with E-state index >= 15 is 0 Å². The van der Waals surface area contributed by atoms with Gasteiger partial charge in [0.25, 0.3) is 0 Å². The van der Waals surface area contributed by atoms with Crippen LogP contribution in [0.3, 0.4) is 0 Å². The monoisotopic (exact) mass is 348 g/mol. The Morgan fingerprint density at radius 1 is 1.36 bits per heavy atom. The molecule has 1 aliphatic rings. The largest absolute Gasteiger partial charge is 0.347 e. The number of nitrogens with zero attached hydrogens (tertiary/aromatic N) is 3. The fourth-order valence-corrected chi connectivity index (χ4v) is 3.06. The quantitative estimate of drug-likeness (QED) is 0.859. The van der Waals surface area contributed by atoms with Crippen LogP contribution in [-0.4, -0.2) is 34.0 Å². The smallest absolute Gasteiger partial charge is 0.319 e. The molecule has 1 atom stereocenters. The zero-order valence-corrected chi connectivity index (χ0v) is 13.7. The Bertz CT molecular complexity index is 790. The van der Waals surface area contributed by atoms with Gasteiger partial charge < -0.3 is 10.2 Å². The maximum Gasteiger partial charge on any atom is 0.319 e. The molecule has 2 aromatic rings. The first kappa shape index (κ1) is 17.1. The number of fused-ring (bicyclic) bond motifs is 1. The highest BCUT2D eigenvalue weighted by Gasteiger charge is 2.33. The Balaban J connectivity index is 1.60. The summed E-state index contributed by atoms with van der Waals surface area (Å²) in [5.41, 5.74) is 1.76. The highest BCUT2D eigenvalue weighted by atomic mass is 19.3. The van der Waals surface area contributed by atoms with Crippen molar-refractivity contribution in [2.24, 2.45) is 0 Å². The molecular weight excluding hydrogens is 330 g/mol. The van der Waals surface area contributed by atoms with E-state index in [1.165, 1.54) is 17.3 Å². The first-order chi connectivity index (χ1) is 12.0. The molecule has 0 bridgehead atoms. The van der Waals surface area contributed by atoms with Crippen molar-refractivity contribution in [2.75, 3.05) is 11.4 Å². The molecule has 132 valence electrons. The number of halogens is 2. The van der Waals surface area contributed by atoms with E-state index in [0.29, 0.717) is 6.42 Å². The minimum atomic E-state index is -2.68. The molecule has 0 saturated carbocycles. The summed E-state index contributed by atoms with van der Waals surface area (Å²) in [4.78, 5) is 29.9. The zero-order valence-electron chi connectivity index (χ0n) is 13.7. The van der Waals surface area contributed by atoms with Crippen LogP contribution in [-0.2, 0) is 22.4 Å². The summed E-state index contributed by atoms with van der Waals surface area (Å²) in [5.74, 6) is -1.24. The predicted octanol–water partition coefficient (Wildman–Crippen LogP) is 1.91. The van der Waals surface area contributed by atoms with Crippen LogP contribution in [0.2, 0.25) is 0 Å². The number of alkyl halides is 2. The average Bonchev–Trinajstić information content (AvgIpc) is 3.17. The van der Waals surface area contributed by atoms with Gasteiger partial charge in [-0.3, -0.25) is 14.2 Å². The lowest BCUT2D eigenvalue weighted by Gasteiger charge is -2.22. The molecule has 0 fully saturated rings. The third-order valence-electron chi connectivity index (χ3n) is 4.21. The number of hydrogen-bond acceptors (Lipinski definition) is 3. The van der Waals surface area contributed by atoms with Crippen LogP contribution in [0.1, 0.15) is 24.9 Å². The van der Waals surface area contributed by atoms with Gasteiger partial charge in [0, 0.05) is 37.1 Å². The van der Waals surface area contributed by atoms with E-state index in [4.69, 9.17) is 0 Å². The minimum absolute atomic E-state index is 0.0537. The van der Waals surface area contributed by atoms with Gasteiger partial charge in [-0.15, -0.1) is 0 Å². The second kappa shape index (κ2) is 7.00. The number of imidazole rings is 1. The van der Waals surface area contributed by atoms with Crippen LogP contribution in [0, 0.1) is 0 Å². The summed E-state index contributed by atoms with van der Waals surface area (Å²) in [6.07, 6.45) is 3.26. The van der Waals surface area contributed by atoms with Gasteiger partial charge in [-0.05, 0) is 25.0 Å². The lowest BCUT2D eigenvalue weighted by molar-refractivity contribution is -0.137. The van der Waals surface area contributed by atoms with Crippen molar-refractivity contribution >= 4 is 17.5 Å². The number of rotatable bonds is 4.